The third kappa shape index (κ3) is 28.0. The van der Waals surface area contributed by atoms with Crippen LogP contribution in [0.5, 0.6) is 0 Å². The van der Waals surface area contributed by atoms with E-state index in [1.807, 2.05) is 24.3 Å². The zero-order chi connectivity index (χ0) is 85.6. The molecule has 1 amide bonds. The molecule has 2 aliphatic rings. The van der Waals surface area contributed by atoms with Gasteiger partial charge in [-0.05, 0) is 65.6 Å². The number of carbonyl (C=O) groups excluding carboxylic acids is 13. The fourth-order valence-electron chi connectivity index (χ4n) is 11.0. The molecule has 3 N–H and O–H groups in total. The highest BCUT2D eigenvalue weighted by Gasteiger charge is 2.57. The van der Waals surface area contributed by atoms with Gasteiger partial charge in [-0.1, -0.05) is 183 Å². The number of aliphatic hydroxyl groups excluding tert-OH is 1. The first-order valence-electron chi connectivity index (χ1n) is 34.8. The second-order valence-corrected chi connectivity index (χ2v) is 24.0. The average Bonchev–Trinajstić information content (AvgIpc) is 0.782. The van der Waals surface area contributed by atoms with Crippen LogP contribution in [0.2, 0.25) is 0 Å². The van der Waals surface area contributed by atoms with Gasteiger partial charge in [0, 0.05) is 52.7 Å². The lowest BCUT2D eigenvalue weighted by atomic mass is 9.95. The van der Waals surface area contributed by atoms with E-state index < -0.39 is 139 Å². The van der Waals surface area contributed by atoms with Gasteiger partial charge in [0.15, 0.2) is 49.0 Å². The van der Waals surface area contributed by atoms with E-state index >= 15 is 0 Å². The maximum Gasteiger partial charge on any atom is 0.414 e. The zero-order valence-corrected chi connectivity index (χ0v) is 64.3. The molecular weight excluding hydrogens is 1520 g/mol. The number of rotatable bonds is 24. The number of carboxylic acids is 1. The van der Waals surface area contributed by atoms with Gasteiger partial charge >= 0.3 is 77.7 Å². The molecule has 10 unspecified atom stereocenters. The van der Waals surface area contributed by atoms with Crippen molar-refractivity contribution in [1.29, 1.82) is 0 Å². The van der Waals surface area contributed by atoms with Gasteiger partial charge in [-0.25, -0.2) is 38.4 Å². The van der Waals surface area contributed by atoms with Crippen molar-refractivity contribution in [3.05, 3.63) is 242 Å². The minimum absolute atomic E-state index is 0.0104. The molecule has 0 bridgehead atoms. The number of methoxy groups -OCH3 is 2. The summed E-state index contributed by atoms with van der Waals surface area (Å²) in [6.07, 6.45) is -11.5. The van der Waals surface area contributed by atoms with Gasteiger partial charge < -0.3 is 76.5 Å². The van der Waals surface area contributed by atoms with Crippen LogP contribution >= 0.6 is 0 Å². The van der Waals surface area contributed by atoms with Crippen molar-refractivity contribution >= 4 is 95.2 Å². The maximum absolute atomic E-state index is 13.2. The highest BCUT2D eigenvalue weighted by molar-refractivity contribution is 6.04. The predicted octanol–water partition coefficient (Wildman–Crippen LogP) is 10.7. The molecule has 0 aromatic heterocycles. The summed E-state index contributed by atoms with van der Waals surface area (Å²) in [5, 5.41) is 21.7. The molecule has 0 spiro atoms. The highest BCUT2D eigenvalue weighted by Crippen LogP contribution is 2.36. The average molecular weight is 1600 g/mol. The summed E-state index contributed by atoms with van der Waals surface area (Å²) < 4.78 is 71.1. The Kier molecular flexibility index (Phi) is 37.8. The van der Waals surface area contributed by atoms with Crippen molar-refractivity contribution in [1.82, 2.24) is 0 Å². The Hall–Kier alpha value is -14.1. The number of hydrogen-bond donors (Lipinski definition) is 3. The van der Waals surface area contributed by atoms with E-state index in [2.05, 4.69) is 53.8 Å². The molecule has 0 aliphatic carbocycles. The Morgan fingerprint density at radius 2 is 0.741 bits per heavy atom. The fourth-order valence-corrected chi connectivity index (χ4v) is 11.0. The first-order chi connectivity index (χ1) is 55.4. The Balaban J connectivity index is 0.000000283. The largest absolute Gasteiger partial charge is 0.478 e. The molecule has 2 aliphatic heterocycles. The first kappa shape index (κ1) is 92.5. The standard InChI is InChI=1S/C30H31NO13.C17H13NO3.C17H14O4.C13H18O10.C7H8/c1-6-15-39-27(35)21-13-8-7-11-19(21)20-12-9-10-14-22(20)31-30(37)44-29-26(42-18(4)34)24(41-17(3)33)23(40-16(2)32)25(43-29)28(36)38-5;1-2-11-21-17(20)15-9-4-3-7-13(15)14-8-5-6-10-16(14)18-12-19;1-2-11-21-17(20)15-10-6-4-8-13(15)12-7-3-5-9-14(12)16(18)19;1-5(14)20-8-9(21-6(2)15)11(22-7(3)16)13(18)23-10(8)12(17)19-4;1-7-5-3-2-4-6-7/h6-14,23-26,29H,1,15H2,2-5H3,(H,31,37);2-10H,1,11H2;2-10H,1,11H2,(H,18,19);8-11,13,18H,1-4H3;2-6H,1H3. The Morgan fingerprint density at radius 3 is 1.14 bits per heavy atom. The van der Waals surface area contributed by atoms with E-state index in [0.717, 1.165) is 55.8 Å². The summed E-state index contributed by atoms with van der Waals surface area (Å²) in [6.45, 7) is 19.1. The molecule has 2 fully saturated rings. The molecule has 2 heterocycles. The van der Waals surface area contributed by atoms with E-state index in [9.17, 15) is 77.3 Å². The number of nitrogens with zero attached hydrogens (tertiary/aromatic N) is 1. The number of para-hydroxylation sites is 2. The molecule has 32 heteroatoms. The van der Waals surface area contributed by atoms with Crippen molar-refractivity contribution in [3.63, 3.8) is 0 Å². The molecule has 2 saturated heterocycles. The monoisotopic (exact) mass is 1600 g/mol. The molecular formula is C84H84N2O30. The Bertz CT molecular complexity index is 4590. The second kappa shape index (κ2) is 47.3. The number of aliphatic hydroxyl groups is 1. The number of anilines is 1. The lowest BCUT2D eigenvalue weighted by molar-refractivity contribution is -0.289. The van der Waals surface area contributed by atoms with Gasteiger partial charge in [-0.15, -0.1) is 0 Å². The van der Waals surface area contributed by atoms with Crippen molar-refractivity contribution in [3.8, 4) is 33.4 Å². The highest BCUT2D eigenvalue weighted by atomic mass is 16.8. The van der Waals surface area contributed by atoms with Gasteiger partial charge in [0.05, 0.1) is 47.8 Å². The maximum atomic E-state index is 13.2. The number of carboxylic acid groups (broad SMARTS) is 1. The number of ether oxygens (including phenoxy) is 14. The van der Waals surface area contributed by atoms with Crippen LogP contribution in [0.3, 0.4) is 0 Å². The minimum Gasteiger partial charge on any atom is -0.478 e. The smallest absolute Gasteiger partial charge is 0.414 e. The van der Waals surface area contributed by atoms with Crippen LogP contribution in [0, 0.1) is 6.92 Å². The second-order valence-electron chi connectivity index (χ2n) is 24.0. The summed E-state index contributed by atoms with van der Waals surface area (Å²) >= 11 is 0. The normalized spacial score (nSPS) is 17.8. The summed E-state index contributed by atoms with van der Waals surface area (Å²) in [6, 6.07) is 50.6. The summed E-state index contributed by atoms with van der Waals surface area (Å²) in [5.41, 5.74) is 6.24. The topological polar surface area (TPSA) is 433 Å². The molecule has 116 heavy (non-hydrogen) atoms. The number of hydrogen-bond acceptors (Lipinski definition) is 30. The molecule has 0 radical (unpaired) electrons. The number of aliphatic imine (C=N–C) groups is 1. The lowest BCUT2D eigenvalue weighted by Crippen LogP contribution is -2.64. The van der Waals surface area contributed by atoms with E-state index in [1.54, 1.807) is 127 Å². The molecule has 10 atom stereocenters. The van der Waals surface area contributed by atoms with Crippen LogP contribution in [-0.4, -0.2) is 189 Å². The summed E-state index contributed by atoms with van der Waals surface area (Å²) in [7, 11) is 2.09. The number of isocyanates is 1. The molecule has 9 rings (SSSR count). The molecule has 32 nitrogen and oxygen atoms in total. The SMILES string of the molecule is C=CCOC(=O)c1ccccc1-c1ccccc1C(=O)O.C=CCOC(=O)c1ccccc1-c1ccccc1N=C=O.C=CCOC(=O)c1ccccc1-c1ccccc1NC(=O)OC1OC(C(=O)OC)C(OC(C)=O)C(OC(C)=O)C1OC(C)=O.COC(=O)C1OC(O)C(OC(C)=O)C(OC(C)=O)C1OC(C)=O.Cc1ccccc1. The summed E-state index contributed by atoms with van der Waals surface area (Å²) in [4.78, 5) is 169. The van der Waals surface area contributed by atoms with E-state index in [1.165, 1.54) is 42.0 Å². The van der Waals surface area contributed by atoms with Crippen LogP contribution < -0.4 is 5.32 Å². The molecule has 0 saturated carbocycles. The Labute approximate surface area is 665 Å². The number of aryl methyl sites for hydroxylation is 1. The van der Waals surface area contributed by atoms with Crippen LogP contribution in [0.15, 0.2) is 219 Å². The van der Waals surface area contributed by atoms with Gasteiger partial charge in [0.1, 0.15) is 19.8 Å². The van der Waals surface area contributed by atoms with E-state index in [0.29, 0.717) is 50.2 Å². The fraction of sp³-hybridized carbons (Fsp3) is 0.262. The Morgan fingerprint density at radius 1 is 0.414 bits per heavy atom. The van der Waals surface area contributed by atoms with E-state index in [-0.39, 0.29) is 36.6 Å². The molecule has 610 valence electrons. The minimum atomic E-state index is -1.85. The number of amides is 1. The third-order valence-corrected chi connectivity index (χ3v) is 15.6. The molecule has 7 aromatic carbocycles. The van der Waals surface area contributed by atoms with Gasteiger partial charge in [0.25, 0.3) is 0 Å². The van der Waals surface area contributed by atoms with Crippen molar-refractivity contribution in [2.45, 2.75) is 110 Å². The quantitative estimate of drug-likeness (QED) is 0.0166. The van der Waals surface area contributed by atoms with Crippen LogP contribution in [0.1, 0.15) is 88.5 Å². The predicted molar refractivity (Wildman–Crippen MR) is 410 cm³/mol. The number of aromatic carboxylic acids is 1. The number of nitrogens with one attached hydrogen (secondary N) is 1. The molecule has 7 aromatic rings. The first-order valence-corrected chi connectivity index (χ1v) is 34.8. The van der Waals surface area contributed by atoms with Gasteiger partial charge in [-0.3, -0.25) is 34.1 Å². The van der Waals surface area contributed by atoms with Crippen LogP contribution in [0.25, 0.3) is 33.4 Å². The van der Waals surface area contributed by atoms with Crippen LogP contribution in [-0.2, 0) is 109 Å². The van der Waals surface area contributed by atoms with Gasteiger partial charge in [0.2, 0.25) is 18.5 Å². The number of esters is 11. The van der Waals surface area contributed by atoms with Crippen molar-refractivity contribution in [2.75, 3.05) is 39.4 Å². The van der Waals surface area contributed by atoms with Crippen LogP contribution in [0.4, 0.5) is 16.2 Å². The van der Waals surface area contributed by atoms with Gasteiger partial charge in [-0.2, -0.15) is 4.99 Å². The number of benzene rings is 7. The number of carbonyl (C=O) groups is 13. The lowest BCUT2D eigenvalue weighted by Gasteiger charge is -2.42. The third-order valence-electron chi connectivity index (χ3n) is 15.6. The zero-order valence-electron chi connectivity index (χ0n) is 64.3. The van der Waals surface area contributed by atoms with Crippen molar-refractivity contribution < 1.29 is 144 Å². The van der Waals surface area contributed by atoms with E-state index in [4.69, 9.17) is 61.6 Å². The van der Waals surface area contributed by atoms with Crippen molar-refractivity contribution in [2.24, 2.45) is 4.99 Å². The summed E-state index contributed by atoms with van der Waals surface area (Å²) in [5.74, 6) is -9.72.